The number of amides is 1. The molecule has 1 aliphatic rings. The average molecular weight is 421 g/mol. The Balaban J connectivity index is 1.40. The summed E-state index contributed by atoms with van der Waals surface area (Å²) in [5.41, 5.74) is 2.58. The summed E-state index contributed by atoms with van der Waals surface area (Å²) in [6.45, 7) is -0.226. The zero-order valence-corrected chi connectivity index (χ0v) is 16.7. The van der Waals surface area contributed by atoms with Gasteiger partial charge in [-0.2, -0.15) is 0 Å². The molecule has 1 saturated heterocycles. The quantitative estimate of drug-likeness (QED) is 0.467. The largest absolute Gasteiger partial charge is 0.394 e. The van der Waals surface area contributed by atoms with Crippen LogP contribution in [0.5, 0.6) is 0 Å². The summed E-state index contributed by atoms with van der Waals surface area (Å²) in [6, 6.07) is 14.8. The Hall–Kier alpha value is -2.91. The van der Waals surface area contributed by atoms with E-state index in [9.17, 15) is 15.0 Å². The number of rotatable bonds is 4. The number of nitrogens with zero attached hydrogens (tertiary/aromatic N) is 2. The second kappa shape index (κ2) is 7.73. The Morgan fingerprint density at radius 3 is 2.93 bits per heavy atom. The molecule has 0 bridgehead atoms. The molecule has 0 unspecified atom stereocenters. The fourth-order valence-electron chi connectivity index (χ4n) is 3.68. The standard InChI is InChI=1S/C22H19N3O4S/c26-11-18-16(27)10-17(29-18)22-25-15-9-13(6-7-19(15)30-22)21(28)24-14-5-1-3-12-4-2-8-23-20(12)14/h1-9,16-18,26-27H,10-11H2,(H,24,28)/t16-,17+,18+/m0/s1. The van der Waals surface area contributed by atoms with Crippen LogP contribution < -0.4 is 5.32 Å². The lowest BCUT2D eigenvalue weighted by atomic mass is 10.1. The van der Waals surface area contributed by atoms with E-state index < -0.39 is 12.2 Å². The molecule has 3 atom stereocenters. The van der Waals surface area contributed by atoms with Crippen molar-refractivity contribution >= 4 is 44.1 Å². The number of aromatic nitrogens is 2. The van der Waals surface area contributed by atoms with Gasteiger partial charge in [-0.3, -0.25) is 9.78 Å². The van der Waals surface area contributed by atoms with Crippen LogP contribution in [0.15, 0.2) is 54.7 Å². The number of ether oxygens (including phenoxy) is 1. The molecule has 0 radical (unpaired) electrons. The maximum Gasteiger partial charge on any atom is 0.255 e. The molecule has 152 valence electrons. The number of thiazole rings is 1. The van der Waals surface area contributed by atoms with E-state index in [0.717, 1.165) is 20.6 Å². The summed E-state index contributed by atoms with van der Waals surface area (Å²) < 4.78 is 6.63. The van der Waals surface area contributed by atoms with Gasteiger partial charge in [-0.15, -0.1) is 11.3 Å². The lowest BCUT2D eigenvalue weighted by Crippen LogP contribution is -2.24. The molecule has 30 heavy (non-hydrogen) atoms. The lowest BCUT2D eigenvalue weighted by molar-refractivity contribution is -0.0225. The Bertz CT molecular complexity index is 1240. The van der Waals surface area contributed by atoms with Crippen LogP contribution in [-0.2, 0) is 4.74 Å². The second-order valence-corrected chi connectivity index (χ2v) is 8.28. The molecule has 4 aromatic rings. The maximum atomic E-state index is 12.8. The van der Waals surface area contributed by atoms with Gasteiger partial charge in [-0.25, -0.2) is 4.98 Å². The highest BCUT2D eigenvalue weighted by Crippen LogP contribution is 2.37. The Morgan fingerprint density at radius 2 is 2.10 bits per heavy atom. The Labute approximate surface area is 176 Å². The number of carbonyl (C=O) groups is 1. The molecule has 0 spiro atoms. The minimum Gasteiger partial charge on any atom is -0.394 e. The van der Waals surface area contributed by atoms with E-state index in [1.165, 1.54) is 11.3 Å². The number of hydrogen-bond acceptors (Lipinski definition) is 7. The molecule has 7 nitrogen and oxygen atoms in total. The number of benzene rings is 2. The van der Waals surface area contributed by atoms with Gasteiger partial charge in [0.1, 0.15) is 17.2 Å². The highest BCUT2D eigenvalue weighted by Gasteiger charge is 2.35. The van der Waals surface area contributed by atoms with Crippen LogP contribution in [0.3, 0.4) is 0 Å². The summed E-state index contributed by atoms with van der Waals surface area (Å²) in [5, 5.41) is 23.9. The van der Waals surface area contributed by atoms with Gasteiger partial charge in [0.25, 0.3) is 5.91 Å². The minimum absolute atomic E-state index is 0.226. The number of fused-ring (bicyclic) bond motifs is 2. The van der Waals surface area contributed by atoms with E-state index in [2.05, 4.69) is 15.3 Å². The van der Waals surface area contributed by atoms with Crippen LogP contribution in [-0.4, -0.2) is 44.9 Å². The van der Waals surface area contributed by atoms with E-state index in [1.807, 2.05) is 36.4 Å². The van der Waals surface area contributed by atoms with Gasteiger partial charge in [-0.1, -0.05) is 18.2 Å². The van der Waals surface area contributed by atoms with Crippen molar-refractivity contribution in [2.75, 3.05) is 11.9 Å². The Morgan fingerprint density at radius 1 is 1.23 bits per heavy atom. The number of carbonyl (C=O) groups excluding carboxylic acids is 1. The molecular weight excluding hydrogens is 402 g/mol. The monoisotopic (exact) mass is 421 g/mol. The molecule has 0 aliphatic carbocycles. The fourth-order valence-corrected chi connectivity index (χ4v) is 4.67. The zero-order chi connectivity index (χ0) is 20.7. The predicted molar refractivity (Wildman–Crippen MR) is 115 cm³/mol. The summed E-state index contributed by atoms with van der Waals surface area (Å²) in [4.78, 5) is 21.8. The van der Waals surface area contributed by atoms with Gasteiger partial charge in [0.2, 0.25) is 0 Å². The first-order chi connectivity index (χ1) is 14.6. The summed E-state index contributed by atoms with van der Waals surface area (Å²) in [6.07, 6.45) is 0.449. The van der Waals surface area contributed by atoms with Gasteiger partial charge < -0.3 is 20.3 Å². The number of hydrogen-bond donors (Lipinski definition) is 3. The van der Waals surface area contributed by atoms with Crippen LogP contribution >= 0.6 is 11.3 Å². The number of nitrogens with one attached hydrogen (secondary N) is 1. The van der Waals surface area contributed by atoms with Crippen molar-refractivity contribution < 1.29 is 19.7 Å². The molecule has 8 heteroatoms. The van der Waals surface area contributed by atoms with Crippen LogP contribution in [0.1, 0.15) is 27.9 Å². The third kappa shape index (κ3) is 3.44. The first kappa shape index (κ1) is 19.1. The molecule has 0 saturated carbocycles. The highest BCUT2D eigenvalue weighted by atomic mass is 32.1. The highest BCUT2D eigenvalue weighted by molar-refractivity contribution is 7.18. The number of aliphatic hydroxyl groups is 2. The number of para-hydroxylation sites is 1. The van der Waals surface area contributed by atoms with Crippen molar-refractivity contribution in [3.63, 3.8) is 0 Å². The number of aliphatic hydroxyl groups excluding tert-OH is 2. The van der Waals surface area contributed by atoms with Gasteiger partial charge in [0.05, 0.1) is 34.1 Å². The molecule has 1 fully saturated rings. The third-order valence-electron chi connectivity index (χ3n) is 5.23. The van der Waals surface area contributed by atoms with Crippen LogP contribution in [0.4, 0.5) is 5.69 Å². The normalized spacial score (nSPS) is 21.3. The average Bonchev–Trinajstić information content (AvgIpc) is 3.36. The van der Waals surface area contributed by atoms with E-state index >= 15 is 0 Å². The summed E-state index contributed by atoms with van der Waals surface area (Å²) in [5.74, 6) is -0.238. The van der Waals surface area contributed by atoms with Gasteiger partial charge >= 0.3 is 0 Å². The first-order valence-electron chi connectivity index (χ1n) is 9.62. The van der Waals surface area contributed by atoms with Gasteiger partial charge in [0, 0.05) is 23.6 Å². The molecule has 2 aromatic carbocycles. The van der Waals surface area contributed by atoms with E-state index in [4.69, 9.17) is 4.74 Å². The molecule has 2 aromatic heterocycles. The van der Waals surface area contributed by atoms with Crippen molar-refractivity contribution in [2.45, 2.75) is 24.7 Å². The second-order valence-electron chi connectivity index (χ2n) is 7.22. The molecule has 3 N–H and O–H groups in total. The smallest absolute Gasteiger partial charge is 0.255 e. The van der Waals surface area contributed by atoms with Crippen molar-refractivity contribution in [1.82, 2.24) is 9.97 Å². The van der Waals surface area contributed by atoms with Crippen LogP contribution in [0.2, 0.25) is 0 Å². The molecule has 1 amide bonds. The summed E-state index contributed by atoms with van der Waals surface area (Å²) in [7, 11) is 0. The van der Waals surface area contributed by atoms with Gasteiger partial charge in [0.15, 0.2) is 0 Å². The predicted octanol–water partition coefficient (Wildman–Crippen LogP) is 3.28. The SMILES string of the molecule is O=C(Nc1cccc2cccnc12)c1ccc2sc([C@H]3C[C@H](O)[C@@H](CO)O3)nc2c1. The van der Waals surface area contributed by atoms with Crippen LogP contribution in [0, 0.1) is 0 Å². The molecular formula is C22H19N3O4S. The van der Waals surface area contributed by atoms with Crippen molar-refractivity contribution in [3.8, 4) is 0 Å². The molecule has 3 heterocycles. The minimum atomic E-state index is -0.706. The van der Waals surface area contributed by atoms with Crippen molar-refractivity contribution in [1.29, 1.82) is 0 Å². The number of pyridine rings is 1. The summed E-state index contributed by atoms with van der Waals surface area (Å²) >= 11 is 1.46. The van der Waals surface area contributed by atoms with E-state index in [0.29, 0.717) is 23.2 Å². The molecule has 1 aliphatic heterocycles. The van der Waals surface area contributed by atoms with Crippen molar-refractivity contribution in [3.05, 3.63) is 65.3 Å². The fraction of sp³-hybridized carbons (Fsp3) is 0.227. The lowest BCUT2D eigenvalue weighted by Gasteiger charge is -2.09. The topological polar surface area (TPSA) is 105 Å². The molecule has 5 rings (SSSR count). The van der Waals surface area contributed by atoms with E-state index in [-0.39, 0.29) is 18.6 Å². The Kier molecular flexibility index (Phi) is 4.92. The van der Waals surface area contributed by atoms with E-state index in [1.54, 1.807) is 18.3 Å². The zero-order valence-electron chi connectivity index (χ0n) is 15.9. The third-order valence-corrected chi connectivity index (χ3v) is 6.35. The van der Waals surface area contributed by atoms with Crippen LogP contribution in [0.25, 0.3) is 21.1 Å². The first-order valence-corrected chi connectivity index (χ1v) is 10.4. The van der Waals surface area contributed by atoms with Gasteiger partial charge in [-0.05, 0) is 30.3 Å². The number of anilines is 1. The van der Waals surface area contributed by atoms with Crippen molar-refractivity contribution in [2.24, 2.45) is 0 Å². The maximum absolute atomic E-state index is 12.8.